The van der Waals surface area contributed by atoms with Gasteiger partial charge in [-0.15, -0.1) is 0 Å². The summed E-state index contributed by atoms with van der Waals surface area (Å²) in [6, 6.07) is 9.63. The van der Waals surface area contributed by atoms with Gasteiger partial charge in [0.25, 0.3) is 0 Å². The average Bonchev–Trinajstić information content (AvgIpc) is 3.29. The fraction of sp³-hybridized carbons (Fsp3) is 0.308. The van der Waals surface area contributed by atoms with Crippen molar-refractivity contribution in [3.8, 4) is 22.5 Å². The SMILES string of the molecule is C.CCOC(=O)Nc1nc2c(-c3ncccn3)cc(-c3ccc(CN4CCN(C)C(=O)C4)nc3)cc2[nH]1. The van der Waals surface area contributed by atoms with Crippen LogP contribution in [0.3, 0.4) is 0 Å². The molecule has 0 atom stereocenters. The maximum atomic E-state index is 12.0. The smallest absolute Gasteiger partial charge is 0.413 e. The number of ether oxygens (including phenoxy) is 1. The number of imidazole rings is 1. The minimum Gasteiger partial charge on any atom is -0.450 e. The summed E-state index contributed by atoms with van der Waals surface area (Å²) in [5.74, 6) is 0.911. The van der Waals surface area contributed by atoms with E-state index in [0.29, 0.717) is 29.9 Å². The number of nitrogens with one attached hydrogen (secondary N) is 2. The molecule has 4 heterocycles. The first-order valence-electron chi connectivity index (χ1n) is 11.7. The number of nitrogens with zero attached hydrogens (tertiary/aromatic N) is 6. The Morgan fingerprint density at radius 2 is 1.95 bits per heavy atom. The molecule has 1 fully saturated rings. The van der Waals surface area contributed by atoms with Crippen LogP contribution in [-0.2, 0) is 16.1 Å². The van der Waals surface area contributed by atoms with Crippen LogP contribution in [0.1, 0.15) is 20.0 Å². The number of benzene rings is 1. The second kappa shape index (κ2) is 11.1. The molecule has 0 unspecified atom stereocenters. The van der Waals surface area contributed by atoms with Crippen molar-refractivity contribution in [2.45, 2.75) is 20.9 Å². The monoisotopic (exact) mass is 502 g/mol. The Hall–Kier alpha value is -4.38. The maximum absolute atomic E-state index is 12.0. The summed E-state index contributed by atoms with van der Waals surface area (Å²) in [7, 11) is 1.83. The van der Waals surface area contributed by atoms with Crippen molar-refractivity contribution in [1.82, 2.24) is 34.7 Å². The number of hydrogen-bond donors (Lipinski definition) is 2. The Morgan fingerprint density at radius 3 is 2.65 bits per heavy atom. The molecule has 11 nitrogen and oxygen atoms in total. The number of rotatable bonds is 6. The molecule has 0 aliphatic carbocycles. The van der Waals surface area contributed by atoms with E-state index in [2.05, 4.69) is 35.1 Å². The summed E-state index contributed by atoms with van der Waals surface area (Å²) in [4.78, 5) is 48.8. The molecule has 1 saturated heterocycles. The Morgan fingerprint density at radius 1 is 1.14 bits per heavy atom. The lowest BCUT2D eigenvalue weighted by atomic mass is 10.0. The molecule has 1 aliphatic heterocycles. The van der Waals surface area contributed by atoms with E-state index in [1.807, 2.05) is 37.5 Å². The number of hydrogen-bond acceptors (Lipinski definition) is 8. The molecule has 2 N–H and O–H groups in total. The summed E-state index contributed by atoms with van der Waals surface area (Å²) in [6.07, 6.45) is 4.57. The van der Waals surface area contributed by atoms with E-state index in [-0.39, 0.29) is 25.9 Å². The van der Waals surface area contributed by atoms with Crippen LogP contribution < -0.4 is 5.32 Å². The fourth-order valence-electron chi connectivity index (χ4n) is 4.08. The van der Waals surface area contributed by atoms with Crippen LogP contribution in [-0.4, -0.2) is 80.0 Å². The zero-order chi connectivity index (χ0) is 25.1. The highest BCUT2D eigenvalue weighted by Crippen LogP contribution is 2.32. The van der Waals surface area contributed by atoms with Gasteiger partial charge in [0.1, 0.15) is 5.52 Å². The summed E-state index contributed by atoms with van der Waals surface area (Å²) in [6.45, 7) is 4.56. The number of anilines is 1. The van der Waals surface area contributed by atoms with E-state index in [1.54, 1.807) is 30.3 Å². The van der Waals surface area contributed by atoms with Gasteiger partial charge in [-0.3, -0.25) is 20.0 Å². The van der Waals surface area contributed by atoms with E-state index in [1.165, 1.54) is 0 Å². The quantitative estimate of drug-likeness (QED) is 0.409. The molecular weight excluding hydrogens is 472 g/mol. The Bertz CT molecular complexity index is 1390. The molecule has 0 spiro atoms. The number of amides is 2. The second-order valence-electron chi connectivity index (χ2n) is 8.49. The molecule has 192 valence electrons. The van der Waals surface area contributed by atoms with Crippen LogP contribution in [0.2, 0.25) is 0 Å². The number of piperazine rings is 1. The number of carbonyl (C=O) groups is 2. The molecule has 3 aromatic heterocycles. The largest absolute Gasteiger partial charge is 0.450 e. The average molecular weight is 503 g/mol. The topological polar surface area (TPSA) is 129 Å². The number of carbonyl (C=O) groups excluding carboxylic acids is 2. The number of H-pyrrole nitrogens is 1. The minimum absolute atomic E-state index is 0. The van der Waals surface area contributed by atoms with Gasteiger partial charge < -0.3 is 14.6 Å². The van der Waals surface area contributed by atoms with Gasteiger partial charge in [0, 0.05) is 56.4 Å². The lowest BCUT2D eigenvalue weighted by Gasteiger charge is -2.31. The summed E-state index contributed by atoms with van der Waals surface area (Å²) in [5.41, 5.74) is 4.75. The fourth-order valence-corrected chi connectivity index (χ4v) is 4.08. The third-order valence-electron chi connectivity index (χ3n) is 5.97. The Labute approximate surface area is 214 Å². The number of aromatic nitrogens is 5. The summed E-state index contributed by atoms with van der Waals surface area (Å²) >= 11 is 0. The first-order chi connectivity index (χ1) is 17.5. The molecule has 0 saturated carbocycles. The highest BCUT2D eigenvalue weighted by atomic mass is 16.5. The van der Waals surface area contributed by atoms with Gasteiger partial charge in [-0.05, 0) is 36.8 Å². The van der Waals surface area contributed by atoms with Gasteiger partial charge in [-0.1, -0.05) is 13.5 Å². The molecule has 0 radical (unpaired) electrons. The van der Waals surface area contributed by atoms with Crippen LogP contribution in [0.5, 0.6) is 0 Å². The molecule has 1 aliphatic rings. The van der Waals surface area contributed by atoms with E-state index >= 15 is 0 Å². The zero-order valence-electron chi connectivity index (χ0n) is 20.1. The second-order valence-corrected chi connectivity index (χ2v) is 8.49. The predicted molar refractivity (Wildman–Crippen MR) is 141 cm³/mol. The Kier molecular flexibility index (Phi) is 7.73. The van der Waals surface area contributed by atoms with Crippen LogP contribution in [0.15, 0.2) is 48.9 Å². The third-order valence-corrected chi connectivity index (χ3v) is 5.97. The molecular formula is C26H30N8O3. The lowest BCUT2D eigenvalue weighted by Crippen LogP contribution is -2.48. The molecule has 0 bridgehead atoms. The predicted octanol–water partition coefficient (Wildman–Crippen LogP) is 3.56. The summed E-state index contributed by atoms with van der Waals surface area (Å²) in [5, 5.41) is 2.61. The molecule has 11 heteroatoms. The van der Waals surface area contributed by atoms with E-state index in [4.69, 9.17) is 4.74 Å². The third kappa shape index (κ3) is 5.72. The van der Waals surface area contributed by atoms with Gasteiger partial charge in [0.05, 0.1) is 24.4 Å². The number of likely N-dealkylation sites (N-methyl/N-ethyl adjacent to an activating group) is 1. The van der Waals surface area contributed by atoms with E-state index < -0.39 is 6.09 Å². The molecule has 4 aromatic rings. The zero-order valence-corrected chi connectivity index (χ0v) is 20.1. The minimum atomic E-state index is -0.587. The van der Waals surface area contributed by atoms with Crippen molar-refractivity contribution in [3.05, 3.63) is 54.6 Å². The van der Waals surface area contributed by atoms with Gasteiger partial charge in [0.2, 0.25) is 11.9 Å². The molecule has 1 aromatic carbocycles. The van der Waals surface area contributed by atoms with E-state index in [9.17, 15) is 9.59 Å². The van der Waals surface area contributed by atoms with Crippen LogP contribution in [0.4, 0.5) is 10.7 Å². The van der Waals surface area contributed by atoms with Gasteiger partial charge in [-0.2, -0.15) is 0 Å². The standard InChI is InChI=1S/C25H26N8O3.CH4/c1-3-36-25(35)31-24-29-20-12-17(11-19(22(20)30-24)23-26-7-4-8-27-23)16-5-6-18(28-13-16)14-33-10-9-32(2)21(34)15-33;/h4-8,11-13H,3,9-10,14-15H2,1-2H3,(H2,29,30,31,35);1H4. The highest BCUT2D eigenvalue weighted by Gasteiger charge is 2.21. The van der Waals surface area contributed by atoms with E-state index in [0.717, 1.165) is 35.5 Å². The number of fused-ring (bicyclic) bond motifs is 1. The normalized spacial score (nSPS) is 13.9. The molecule has 2 amide bonds. The van der Waals surface area contributed by atoms with Gasteiger partial charge >= 0.3 is 6.09 Å². The lowest BCUT2D eigenvalue weighted by molar-refractivity contribution is -0.134. The van der Waals surface area contributed by atoms with Crippen molar-refractivity contribution in [2.24, 2.45) is 0 Å². The maximum Gasteiger partial charge on any atom is 0.413 e. The Balaban J connectivity index is 0.00000320. The first kappa shape index (κ1) is 25.7. The molecule has 37 heavy (non-hydrogen) atoms. The first-order valence-corrected chi connectivity index (χ1v) is 11.7. The number of pyridine rings is 1. The highest BCUT2D eigenvalue weighted by molar-refractivity contribution is 5.96. The van der Waals surface area contributed by atoms with Crippen molar-refractivity contribution in [2.75, 3.05) is 38.6 Å². The van der Waals surface area contributed by atoms with Crippen molar-refractivity contribution in [3.63, 3.8) is 0 Å². The van der Waals surface area contributed by atoms with Crippen molar-refractivity contribution < 1.29 is 14.3 Å². The van der Waals surface area contributed by atoms with Gasteiger partial charge in [-0.25, -0.2) is 19.7 Å². The van der Waals surface area contributed by atoms with Crippen molar-refractivity contribution >= 4 is 29.0 Å². The van der Waals surface area contributed by atoms with Crippen molar-refractivity contribution in [1.29, 1.82) is 0 Å². The van der Waals surface area contributed by atoms with Gasteiger partial charge in [0.15, 0.2) is 5.82 Å². The summed E-state index contributed by atoms with van der Waals surface area (Å²) < 4.78 is 4.96. The van der Waals surface area contributed by atoms with Crippen LogP contribution >= 0.6 is 0 Å². The van der Waals surface area contributed by atoms with Crippen LogP contribution in [0, 0.1) is 0 Å². The molecule has 5 rings (SSSR count). The van der Waals surface area contributed by atoms with Crippen LogP contribution in [0.25, 0.3) is 33.5 Å². The number of aromatic amines is 1.